The minimum absolute atomic E-state index is 0.0870. The first-order chi connectivity index (χ1) is 14.3. The van der Waals surface area contributed by atoms with Gasteiger partial charge in [-0.15, -0.1) is 0 Å². The van der Waals surface area contributed by atoms with E-state index in [9.17, 15) is 4.79 Å². The van der Waals surface area contributed by atoms with Gasteiger partial charge >= 0.3 is 0 Å². The van der Waals surface area contributed by atoms with Gasteiger partial charge in [0.05, 0.1) is 24.9 Å². The number of fused-ring (bicyclic) bond motifs is 1. The maximum Gasteiger partial charge on any atom is 0.253 e. The fourth-order valence-corrected chi connectivity index (χ4v) is 3.62. The van der Waals surface area contributed by atoms with E-state index < -0.39 is 0 Å². The van der Waals surface area contributed by atoms with Crippen molar-refractivity contribution in [3.05, 3.63) is 69.4 Å². The van der Waals surface area contributed by atoms with E-state index in [1.807, 2.05) is 43.0 Å². The summed E-state index contributed by atoms with van der Waals surface area (Å²) in [7, 11) is 4.10. The SMILES string of the molecule is Cc1ccc2cc(CN(Cc3ccco3)C(=S)NCCCN(C)C)c(=O)[nH]c2c1C. The molecule has 6 nitrogen and oxygen atoms in total. The molecule has 0 atom stereocenters. The number of aryl methyl sites for hydroxylation is 2. The van der Waals surface area contributed by atoms with E-state index in [2.05, 4.69) is 35.4 Å². The van der Waals surface area contributed by atoms with E-state index in [1.165, 1.54) is 0 Å². The summed E-state index contributed by atoms with van der Waals surface area (Å²) in [6.45, 7) is 6.74. The summed E-state index contributed by atoms with van der Waals surface area (Å²) in [4.78, 5) is 20.0. The second kappa shape index (κ2) is 9.91. The van der Waals surface area contributed by atoms with Crippen LogP contribution >= 0.6 is 12.2 Å². The van der Waals surface area contributed by atoms with Crippen molar-refractivity contribution in [1.82, 2.24) is 20.1 Å². The van der Waals surface area contributed by atoms with Crippen molar-refractivity contribution in [3.63, 3.8) is 0 Å². The van der Waals surface area contributed by atoms with Crippen LogP contribution in [0.4, 0.5) is 0 Å². The lowest BCUT2D eigenvalue weighted by Gasteiger charge is -2.25. The van der Waals surface area contributed by atoms with Crippen molar-refractivity contribution in [2.24, 2.45) is 0 Å². The number of furan rings is 1. The highest BCUT2D eigenvalue weighted by atomic mass is 32.1. The van der Waals surface area contributed by atoms with Gasteiger partial charge < -0.3 is 24.5 Å². The highest BCUT2D eigenvalue weighted by molar-refractivity contribution is 7.80. The quantitative estimate of drug-likeness (QED) is 0.424. The molecule has 1 aromatic carbocycles. The standard InChI is InChI=1S/C23H30N4O2S/c1-16-8-9-18-13-19(22(28)25-21(18)17(16)2)14-27(15-20-7-5-12-29-20)23(30)24-10-6-11-26(3)4/h5,7-9,12-13H,6,10-11,14-15H2,1-4H3,(H,24,30)(H,25,28). The Morgan fingerprint density at radius 2 is 2.00 bits per heavy atom. The van der Waals surface area contributed by atoms with Gasteiger partial charge in [-0.25, -0.2) is 0 Å². The van der Waals surface area contributed by atoms with E-state index in [1.54, 1.807) is 6.26 Å². The smallest absolute Gasteiger partial charge is 0.253 e. The number of hydrogen-bond donors (Lipinski definition) is 2. The maximum atomic E-state index is 12.8. The zero-order valence-corrected chi connectivity index (χ0v) is 18.9. The van der Waals surface area contributed by atoms with E-state index in [4.69, 9.17) is 16.6 Å². The van der Waals surface area contributed by atoms with Gasteiger partial charge in [-0.2, -0.15) is 0 Å². The third-order valence-electron chi connectivity index (χ3n) is 5.26. The number of thiocarbonyl (C=S) groups is 1. The molecular formula is C23H30N4O2S. The molecule has 7 heteroatoms. The predicted molar refractivity (Wildman–Crippen MR) is 126 cm³/mol. The molecule has 2 aromatic heterocycles. The zero-order valence-electron chi connectivity index (χ0n) is 18.1. The summed E-state index contributed by atoms with van der Waals surface area (Å²) in [6, 6.07) is 9.86. The summed E-state index contributed by atoms with van der Waals surface area (Å²) in [5, 5.41) is 4.96. The molecule has 3 aromatic rings. The molecule has 0 bridgehead atoms. The number of pyridine rings is 1. The molecule has 0 saturated carbocycles. The van der Waals surface area contributed by atoms with Crippen molar-refractivity contribution in [2.45, 2.75) is 33.4 Å². The molecule has 160 valence electrons. The van der Waals surface area contributed by atoms with Crippen molar-refractivity contribution in [3.8, 4) is 0 Å². The molecule has 0 aliphatic carbocycles. The van der Waals surface area contributed by atoms with Crippen LogP contribution in [-0.2, 0) is 13.1 Å². The lowest BCUT2D eigenvalue weighted by atomic mass is 10.0. The number of aromatic amines is 1. The van der Waals surface area contributed by atoms with Crippen molar-refractivity contribution in [2.75, 3.05) is 27.2 Å². The Morgan fingerprint density at radius 1 is 1.20 bits per heavy atom. The highest BCUT2D eigenvalue weighted by Gasteiger charge is 2.15. The minimum atomic E-state index is -0.0870. The lowest BCUT2D eigenvalue weighted by molar-refractivity contribution is 0.348. The van der Waals surface area contributed by atoms with Crippen LogP contribution in [0.3, 0.4) is 0 Å². The van der Waals surface area contributed by atoms with Gasteiger partial charge in [0, 0.05) is 12.1 Å². The summed E-state index contributed by atoms with van der Waals surface area (Å²) < 4.78 is 5.52. The van der Waals surface area contributed by atoms with Crippen LogP contribution in [0.5, 0.6) is 0 Å². The topological polar surface area (TPSA) is 64.5 Å². The zero-order chi connectivity index (χ0) is 21.7. The normalized spacial score (nSPS) is 11.2. The first kappa shape index (κ1) is 22.1. The van der Waals surface area contributed by atoms with Gasteiger partial charge in [-0.3, -0.25) is 4.79 Å². The van der Waals surface area contributed by atoms with E-state index in [-0.39, 0.29) is 5.56 Å². The molecule has 0 fully saturated rings. The Balaban J connectivity index is 1.81. The number of rotatable bonds is 8. The number of aromatic nitrogens is 1. The monoisotopic (exact) mass is 426 g/mol. The van der Waals surface area contributed by atoms with Gasteiger partial charge in [-0.1, -0.05) is 12.1 Å². The predicted octanol–water partition coefficient (Wildman–Crippen LogP) is 3.57. The van der Waals surface area contributed by atoms with Gasteiger partial charge in [0.2, 0.25) is 0 Å². The third-order valence-corrected chi connectivity index (χ3v) is 5.66. The first-order valence-electron chi connectivity index (χ1n) is 10.2. The minimum Gasteiger partial charge on any atom is -0.467 e. The molecule has 0 amide bonds. The third kappa shape index (κ3) is 5.49. The van der Waals surface area contributed by atoms with Crippen molar-refractivity contribution >= 4 is 28.2 Å². The van der Waals surface area contributed by atoms with Gasteiger partial charge in [0.15, 0.2) is 5.11 Å². The summed E-state index contributed by atoms with van der Waals surface area (Å²) in [5.74, 6) is 0.802. The Morgan fingerprint density at radius 3 is 2.70 bits per heavy atom. The molecule has 0 spiro atoms. The fraction of sp³-hybridized carbons (Fsp3) is 0.391. The number of nitrogens with one attached hydrogen (secondary N) is 2. The van der Waals surface area contributed by atoms with Gasteiger partial charge in [-0.05, 0) is 87.8 Å². The van der Waals surface area contributed by atoms with Gasteiger partial charge in [0.1, 0.15) is 5.76 Å². The van der Waals surface area contributed by atoms with Crippen LogP contribution < -0.4 is 10.9 Å². The largest absolute Gasteiger partial charge is 0.467 e. The molecule has 0 aliphatic heterocycles. The average molecular weight is 427 g/mol. The van der Waals surface area contributed by atoms with Gasteiger partial charge in [0.25, 0.3) is 5.56 Å². The molecule has 30 heavy (non-hydrogen) atoms. The molecule has 0 saturated heterocycles. The maximum absolute atomic E-state index is 12.8. The molecule has 2 heterocycles. The first-order valence-corrected chi connectivity index (χ1v) is 10.6. The second-order valence-electron chi connectivity index (χ2n) is 7.92. The van der Waals surface area contributed by atoms with Crippen LogP contribution in [0.15, 0.2) is 45.8 Å². The Bertz CT molecular complexity index is 1060. The van der Waals surface area contributed by atoms with E-state index in [0.717, 1.165) is 47.3 Å². The Hall–Kier alpha value is -2.64. The lowest BCUT2D eigenvalue weighted by Crippen LogP contribution is -2.40. The summed E-state index contributed by atoms with van der Waals surface area (Å²) in [6.07, 6.45) is 2.63. The number of hydrogen-bond acceptors (Lipinski definition) is 4. The van der Waals surface area contributed by atoms with Crippen LogP contribution in [0, 0.1) is 13.8 Å². The van der Waals surface area contributed by atoms with E-state index >= 15 is 0 Å². The molecule has 3 rings (SSSR count). The van der Waals surface area contributed by atoms with Crippen LogP contribution in [0.2, 0.25) is 0 Å². The number of nitrogens with zero attached hydrogens (tertiary/aromatic N) is 2. The molecule has 2 N–H and O–H groups in total. The number of benzene rings is 1. The Labute approximate surface area is 182 Å². The van der Waals surface area contributed by atoms with Crippen LogP contribution in [-0.4, -0.2) is 47.1 Å². The summed E-state index contributed by atoms with van der Waals surface area (Å²) in [5.41, 5.74) is 3.74. The molecule has 0 unspecified atom stereocenters. The van der Waals surface area contributed by atoms with Crippen LogP contribution in [0.25, 0.3) is 10.9 Å². The second-order valence-corrected chi connectivity index (χ2v) is 8.31. The van der Waals surface area contributed by atoms with E-state index in [0.29, 0.717) is 23.8 Å². The Kier molecular flexibility index (Phi) is 7.29. The molecule has 0 radical (unpaired) electrons. The average Bonchev–Trinajstić information content (AvgIpc) is 3.21. The highest BCUT2D eigenvalue weighted by Crippen LogP contribution is 2.20. The molecule has 0 aliphatic rings. The van der Waals surface area contributed by atoms with Crippen molar-refractivity contribution < 1.29 is 4.42 Å². The summed E-state index contributed by atoms with van der Waals surface area (Å²) >= 11 is 5.65. The van der Waals surface area contributed by atoms with Crippen molar-refractivity contribution in [1.29, 1.82) is 0 Å². The molecular weight excluding hydrogens is 396 g/mol. The number of H-pyrrole nitrogens is 1. The van der Waals surface area contributed by atoms with Crippen LogP contribution in [0.1, 0.15) is 28.9 Å². The fourth-order valence-electron chi connectivity index (χ4n) is 3.39.